The van der Waals surface area contributed by atoms with E-state index in [1.54, 1.807) is 24.3 Å². The minimum Gasteiger partial charge on any atom is -0.478 e. The van der Waals surface area contributed by atoms with E-state index in [0.29, 0.717) is 12.3 Å². The van der Waals surface area contributed by atoms with Crippen molar-refractivity contribution in [3.05, 3.63) is 53.6 Å². The quantitative estimate of drug-likeness (QED) is 0.692. The first-order valence-corrected chi connectivity index (χ1v) is 8.34. The van der Waals surface area contributed by atoms with Gasteiger partial charge in [0.05, 0.1) is 23.5 Å². The molecule has 1 aliphatic rings. The molecule has 1 fully saturated rings. The van der Waals surface area contributed by atoms with Crippen LogP contribution >= 0.6 is 0 Å². The molecule has 2 aromatic carbocycles. The van der Waals surface area contributed by atoms with Gasteiger partial charge in [-0.3, -0.25) is 0 Å². The van der Waals surface area contributed by atoms with E-state index in [4.69, 9.17) is 20.3 Å². The third-order valence-electron chi connectivity index (χ3n) is 4.10. The summed E-state index contributed by atoms with van der Waals surface area (Å²) in [7, 11) is 0. The fourth-order valence-electron chi connectivity index (χ4n) is 2.70. The van der Waals surface area contributed by atoms with Crippen molar-refractivity contribution in [1.29, 1.82) is 0 Å². The fourth-order valence-corrected chi connectivity index (χ4v) is 2.70. The highest BCUT2D eigenvalue weighted by Crippen LogP contribution is 2.25. The Balaban J connectivity index is 1.60. The van der Waals surface area contributed by atoms with Gasteiger partial charge in [-0.1, -0.05) is 6.07 Å². The predicted molar refractivity (Wildman–Crippen MR) is 95.9 cm³/mol. The summed E-state index contributed by atoms with van der Waals surface area (Å²) < 4.78 is 11.3. The standard InChI is InChI=1S/C19H22N2O4/c20-16-11-13(12-25-18-3-1-2-10-24-18)4-9-17(16)21-15-7-5-14(6-8-15)19(22)23/h4-9,11,18,21H,1-3,10,12,20H2,(H,22,23). The molecule has 6 nitrogen and oxygen atoms in total. The van der Waals surface area contributed by atoms with Gasteiger partial charge in [-0.05, 0) is 61.2 Å². The Morgan fingerprint density at radius 2 is 2.04 bits per heavy atom. The average molecular weight is 342 g/mol. The van der Waals surface area contributed by atoms with Crippen LogP contribution in [-0.4, -0.2) is 24.0 Å². The van der Waals surface area contributed by atoms with E-state index >= 15 is 0 Å². The van der Waals surface area contributed by atoms with Crippen LogP contribution in [0.25, 0.3) is 0 Å². The summed E-state index contributed by atoms with van der Waals surface area (Å²) in [5.41, 5.74) is 9.49. The molecule has 0 aromatic heterocycles. The number of rotatable bonds is 6. The maximum absolute atomic E-state index is 10.9. The lowest BCUT2D eigenvalue weighted by molar-refractivity contribution is -0.168. The van der Waals surface area contributed by atoms with Crippen LogP contribution in [0.15, 0.2) is 42.5 Å². The number of benzene rings is 2. The molecular weight excluding hydrogens is 320 g/mol. The van der Waals surface area contributed by atoms with Crippen LogP contribution in [0.1, 0.15) is 35.2 Å². The van der Waals surface area contributed by atoms with Crippen molar-refractivity contribution in [3.8, 4) is 0 Å². The Kier molecular flexibility index (Phi) is 5.53. The highest BCUT2D eigenvalue weighted by Gasteiger charge is 2.14. The topological polar surface area (TPSA) is 93.8 Å². The van der Waals surface area contributed by atoms with E-state index in [2.05, 4.69) is 5.32 Å². The highest BCUT2D eigenvalue weighted by atomic mass is 16.7. The molecule has 25 heavy (non-hydrogen) atoms. The first kappa shape index (κ1) is 17.3. The zero-order valence-electron chi connectivity index (χ0n) is 13.9. The van der Waals surface area contributed by atoms with Gasteiger partial charge >= 0.3 is 5.97 Å². The van der Waals surface area contributed by atoms with Gasteiger partial charge in [0, 0.05) is 12.3 Å². The van der Waals surface area contributed by atoms with Crippen LogP contribution in [-0.2, 0) is 16.1 Å². The van der Waals surface area contributed by atoms with Gasteiger partial charge in [-0.25, -0.2) is 4.79 Å². The largest absolute Gasteiger partial charge is 0.478 e. The summed E-state index contributed by atoms with van der Waals surface area (Å²) >= 11 is 0. The Hall–Kier alpha value is -2.57. The van der Waals surface area contributed by atoms with Gasteiger partial charge in [0.1, 0.15) is 0 Å². The molecule has 0 spiro atoms. The third kappa shape index (κ3) is 4.71. The number of nitrogen functional groups attached to an aromatic ring is 1. The van der Waals surface area contributed by atoms with Gasteiger partial charge in [-0.2, -0.15) is 0 Å². The number of carbonyl (C=O) groups is 1. The van der Waals surface area contributed by atoms with E-state index in [1.165, 1.54) is 0 Å². The number of aromatic carboxylic acids is 1. The lowest BCUT2D eigenvalue weighted by Gasteiger charge is -2.22. The van der Waals surface area contributed by atoms with Crippen molar-refractivity contribution in [2.24, 2.45) is 0 Å². The minimum absolute atomic E-state index is 0.125. The van der Waals surface area contributed by atoms with Crippen LogP contribution < -0.4 is 11.1 Å². The Bertz CT molecular complexity index is 725. The van der Waals surface area contributed by atoms with E-state index in [1.807, 2.05) is 18.2 Å². The van der Waals surface area contributed by atoms with Crippen molar-refractivity contribution in [1.82, 2.24) is 0 Å². The number of anilines is 3. The Morgan fingerprint density at radius 3 is 2.68 bits per heavy atom. The second-order valence-corrected chi connectivity index (χ2v) is 6.04. The lowest BCUT2D eigenvalue weighted by atomic mass is 10.1. The summed E-state index contributed by atoms with van der Waals surface area (Å²) in [6, 6.07) is 12.2. The number of hydrogen-bond donors (Lipinski definition) is 3. The molecule has 3 rings (SSSR count). The smallest absolute Gasteiger partial charge is 0.335 e. The van der Waals surface area contributed by atoms with E-state index in [0.717, 1.165) is 42.8 Å². The molecule has 2 aromatic rings. The summed E-state index contributed by atoms with van der Waals surface area (Å²) in [4.78, 5) is 10.9. The molecular formula is C19H22N2O4. The van der Waals surface area contributed by atoms with Gasteiger partial charge in [0.15, 0.2) is 6.29 Å². The molecule has 6 heteroatoms. The van der Waals surface area contributed by atoms with E-state index in [-0.39, 0.29) is 11.9 Å². The van der Waals surface area contributed by atoms with E-state index < -0.39 is 5.97 Å². The van der Waals surface area contributed by atoms with Crippen LogP contribution in [0.4, 0.5) is 17.1 Å². The number of nitrogens with two attached hydrogens (primary N) is 1. The molecule has 1 aliphatic heterocycles. The maximum Gasteiger partial charge on any atom is 0.335 e. The summed E-state index contributed by atoms with van der Waals surface area (Å²) in [6.07, 6.45) is 3.04. The van der Waals surface area contributed by atoms with Crippen LogP contribution in [0, 0.1) is 0 Å². The van der Waals surface area contributed by atoms with Gasteiger partial charge in [0.25, 0.3) is 0 Å². The first-order chi connectivity index (χ1) is 12.1. The molecule has 0 aliphatic carbocycles. The van der Waals surface area contributed by atoms with Crippen LogP contribution in [0.5, 0.6) is 0 Å². The van der Waals surface area contributed by atoms with Gasteiger partial charge in [0.2, 0.25) is 0 Å². The lowest BCUT2D eigenvalue weighted by Crippen LogP contribution is -2.22. The number of carboxylic acid groups (broad SMARTS) is 1. The van der Waals surface area contributed by atoms with Crippen molar-refractivity contribution in [2.45, 2.75) is 32.2 Å². The molecule has 0 radical (unpaired) electrons. The normalized spacial score (nSPS) is 17.2. The van der Waals surface area contributed by atoms with Crippen LogP contribution in [0.2, 0.25) is 0 Å². The third-order valence-corrected chi connectivity index (χ3v) is 4.10. The first-order valence-electron chi connectivity index (χ1n) is 8.34. The molecule has 1 atom stereocenters. The maximum atomic E-state index is 10.9. The number of hydrogen-bond acceptors (Lipinski definition) is 5. The molecule has 4 N–H and O–H groups in total. The molecule has 1 heterocycles. The van der Waals surface area contributed by atoms with Gasteiger partial charge < -0.3 is 25.6 Å². The fraction of sp³-hybridized carbons (Fsp3) is 0.316. The summed E-state index contributed by atoms with van der Waals surface area (Å²) in [5, 5.41) is 12.1. The average Bonchev–Trinajstić information content (AvgIpc) is 2.63. The van der Waals surface area contributed by atoms with Crippen molar-refractivity contribution < 1.29 is 19.4 Å². The molecule has 0 saturated carbocycles. The number of nitrogens with one attached hydrogen (secondary N) is 1. The Morgan fingerprint density at radius 1 is 1.24 bits per heavy atom. The molecule has 1 saturated heterocycles. The Labute approximate surface area is 146 Å². The SMILES string of the molecule is Nc1cc(COC2CCCCO2)ccc1Nc1ccc(C(=O)O)cc1. The highest BCUT2D eigenvalue weighted by molar-refractivity contribution is 5.88. The van der Waals surface area contributed by atoms with E-state index in [9.17, 15) is 4.79 Å². The van der Waals surface area contributed by atoms with Crippen LogP contribution in [0.3, 0.4) is 0 Å². The summed E-state index contributed by atoms with van der Waals surface area (Å²) in [5.74, 6) is -0.947. The predicted octanol–water partition coefficient (Wildman–Crippen LogP) is 3.75. The van der Waals surface area contributed by atoms with Gasteiger partial charge in [-0.15, -0.1) is 0 Å². The zero-order valence-corrected chi connectivity index (χ0v) is 13.9. The number of carboxylic acids is 1. The second kappa shape index (κ2) is 8.00. The molecule has 0 bridgehead atoms. The molecule has 1 unspecified atom stereocenters. The second-order valence-electron chi connectivity index (χ2n) is 6.04. The number of ether oxygens (including phenoxy) is 2. The monoisotopic (exact) mass is 342 g/mol. The van der Waals surface area contributed by atoms with Crippen molar-refractivity contribution in [2.75, 3.05) is 17.7 Å². The minimum atomic E-state index is -0.947. The van der Waals surface area contributed by atoms with Crippen molar-refractivity contribution >= 4 is 23.0 Å². The molecule has 132 valence electrons. The molecule has 0 amide bonds. The van der Waals surface area contributed by atoms with Crippen molar-refractivity contribution in [3.63, 3.8) is 0 Å². The summed E-state index contributed by atoms with van der Waals surface area (Å²) in [6.45, 7) is 1.22. The zero-order chi connectivity index (χ0) is 17.6.